The van der Waals surface area contributed by atoms with Crippen LogP contribution in [0.4, 0.5) is 11.5 Å². The summed E-state index contributed by atoms with van der Waals surface area (Å²) in [5.74, 6) is 1.06. The molecule has 176 valence electrons. The zero-order valence-electron chi connectivity index (χ0n) is 19.9. The van der Waals surface area contributed by atoms with Gasteiger partial charge in [-0.05, 0) is 75.8 Å². The van der Waals surface area contributed by atoms with Gasteiger partial charge in [-0.1, -0.05) is 12.1 Å². The molecule has 7 heteroatoms. The van der Waals surface area contributed by atoms with Gasteiger partial charge in [-0.15, -0.1) is 0 Å². The molecule has 3 aromatic rings. The molecule has 0 spiro atoms. The summed E-state index contributed by atoms with van der Waals surface area (Å²) in [5, 5.41) is 3.91. The van der Waals surface area contributed by atoms with Crippen LogP contribution in [0.15, 0.2) is 48.5 Å². The van der Waals surface area contributed by atoms with Crippen LogP contribution in [-0.2, 0) is 4.79 Å². The number of amides is 1. The van der Waals surface area contributed by atoms with E-state index in [0.717, 1.165) is 48.2 Å². The van der Waals surface area contributed by atoms with Gasteiger partial charge in [0.25, 0.3) is 5.91 Å². The maximum Gasteiger partial charge on any atom is 0.265 e. The fraction of sp³-hybridized carbons (Fsp3) is 0.370. The van der Waals surface area contributed by atoms with Crippen LogP contribution in [0.3, 0.4) is 0 Å². The minimum atomic E-state index is -0.843. The van der Waals surface area contributed by atoms with Crippen molar-refractivity contribution in [3.8, 4) is 5.75 Å². The number of piperidine rings is 1. The smallest absolute Gasteiger partial charge is 0.265 e. The Balaban J connectivity index is 1.31. The van der Waals surface area contributed by atoms with E-state index < -0.39 is 6.10 Å². The molecular formula is C27H30N4O3. The minimum absolute atomic E-state index is 0.0326. The number of benzene rings is 2. The number of Topliss-reactive ketones (excluding diaryl/α,β-unsaturated/α-hetero) is 1. The average Bonchev–Trinajstić information content (AvgIpc) is 2.84. The number of nitrogens with one attached hydrogen (secondary N) is 1. The van der Waals surface area contributed by atoms with Crippen molar-refractivity contribution >= 4 is 34.1 Å². The van der Waals surface area contributed by atoms with Crippen molar-refractivity contribution in [3.63, 3.8) is 0 Å². The standard InChI is InChI=1S/C27H30N4O3/c1-17-14-26(31-12-10-19(11-13-31)30(2)3)29-22-9-8-18(15-21(17)22)28-27(33)25-16-23(32)20-6-4-5-7-24(20)34-25/h4-9,14-15,19,25H,10-13,16H2,1-3H3,(H,28,33). The highest BCUT2D eigenvalue weighted by Gasteiger charge is 2.31. The predicted octanol–water partition coefficient (Wildman–Crippen LogP) is 4.05. The summed E-state index contributed by atoms with van der Waals surface area (Å²) in [6, 6.07) is 15.5. The number of fused-ring (bicyclic) bond motifs is 2. The molecule has 2 aliphatic heterocycles. The van der Waals surface area contributed by atoms with Crippen molar-refractivity contribution in [3.05, 3.63) is 59.7 Å². The average molecular weight is 459 g/mol. The van der Waals surface area contributed by atoms with E-state index in [9.17, 15) is 9.59 Å². The first-order valence-electron chi connectivity index (χ1n) is 11.8. The summed E-state index contributed by atoms with van der Waals surface area (Å²) in [4.78, 5) is 34.8. The lowest BCUT2D eigenvalue weighted by Crippen LogP contribution is -2.42. The zero-order chi connectivity index (χ0) is 23.8. The molecule has 2 aliphatic rings. The molecule has 0 radical (unpaired) electrons. The number of hydrogen-bond acceptors (Lipinski definition) is 6. The van der Waals surface area contributed by atoms with E-state index in [-0.39, 0.29) is 18.1 Å². The molecule has 1 aromatic heterocycles. The van der Waals surface area contributed by atoms with Crippen LogP contribution in [-0.4, -0.2) is 60.9 Å². The summed E-state index contributed by atoms with van der Waals surface area (Å²) in [7, 11) is 4.29. The highest BCUT2D eigenvalue weighted by atomic mass is 16.5. The monoisotopic (exact) mass is 458 g/mol. The van der Waals surface area contributed by atoms with Crippen molar-refractivity contribution in [2.24, 2.45) is 0 Å². The number of aromatic nitrogens is 1. The van der Waals surface area contributed by atoms with E-state index in [4.69, 9.17) is 9.72 Å². The maximum absolute atomic E-state index is 12.9. The molecule has 0 aliphatic carbocycles. The van der Waals surface area contributed by atoms with Crippen molar-refractivity contribution in [1.29, 1.82) is 0 Å². The van der Waals surface area contributed by atoms with Gasteiger partial charge in [0.1, 0.15) is 11.6 Å². The lowest BCUT2D eigenvalue weighted by Gasteiger charge is -2.36. The predicted molar refractivity (Wildman–Crippen MR) is 134 cm³/mol. The number of pyridine rings is 1. The van der Waals surface area contributed by atoms with E-state index in [1.165, 1.54) is 0 Å². The third-order valence-corrected chi connectivity index (χ3v) is 6.91. The Morgan fingerprint density at radius 1 is 1.12 bits per heavy atom. The molecule has 0 bridgehead atoms. The second kappa shape index (κ2) is 9.06. The van der Waals surface area contributed by atoms with E-state index in [0.29, 0.717) is 23.0 Å². The van der Waals surface area contributed by atoms with Crippen molar-refractivity contribution in [1.82, 2.24) is 9.88 Å². The molecule has 1 amide bonds. The maximum atomic E-state index is 12.9. The number of aryl methyl sites for hydroxylation is 1. The molecule has 34 heavy (non-hydrogen) atoms. The SMILES string of the molecule is Cc1cc(N2CCC(N(C)C)CC2)nc2ccc(NC(=O)C3CC(=O)c4ccccc4O3)cc12. The second-order valence-electron chi connectivity index (χ2n) is 9.43. The van der Waals surface area contributed by atoms with Crippen LogP contribution >= 0.6 is 0 Å². The number of carbonyl (C=O) groups excluding carboxylic acids is 2. The fourth-order valence-corrected chi connectivity index (χ4v) is 4.87. The highest BCUT2D eigenvalue weighted by Crippen LogP contribution is 2.30. The van der Waals surface area contributed by atoms with Gasteiger partial charge < -0.3 is 19.9 Å². The van der Waals surface area contributed by atoms with Gasteiger partial charge in [0.05, 0.1) is 17.5 Å². The van der Waals surface area contributed by atoms with Gasteiger partial charge in [0.15, 0.2) is 11.9 Å². The first kappa shape index (κ1) is 22.3. The van der Waals surface area contributed by atoms with Crippen molar-refractivity contribution in [2.45, 2.75) is 38.3 Å². The number of anilines is 2. The van der Waals surface area contributed by atoms with Crippen LogP contribution in [0.2, 0.25) is 0 Å². The Kier molecular flexibility index (Phi) is 5.96. The molecule has 1 fully saturated rings. The number of ketones is 1. The third kappa shape index (κ3) is 4.35. The molecule has 1 saturated heterocycles. The molecular weight excluding hydrogens is 428 g/mol. The van der Waals surface area contributed by atoms with Crippen molar-refractivity contribution < 1.29 is 14.3 Å². The van der Waals surface area contributed by atoms with Crippen LogP contribution in [0.5, 0.6) is 5.75 Å². The first-order chi connectivity index (χ1) is 16.4. The summed E-state index contributed by atoms with van der Waals surface area (Å²) < 4.78 is 5.80. The molecule has 5 rings (SSSR count). The molecule has 1 N–H and O–H groups in total. The fourth-order valence-electron chi connectivity index (χ4n) is 4.87. The lowest BCUT2D eigenvalue weighted by atomic mass is 10.0. The van der Waals surface area contributed by atoms with E-state index >= 15 is 0 Å². The van der Waals surface area contributed by atoms with E-state index in [2.05, 4.69) is 42.2 Å². The Hall–Kier alpha value is -3.45. The van der Waals surface area contributed by atoms with Crippen LogP contribution in [0.1, 0.15) is 35.2 Å². The number of carbonyl (C=O) groups is 2. The number of para-hydroxylation sites is 1. The van der Waals surface area contributed by atoms with E-state index in [1.807, 2.05) is 18.2 Å². The third-order valence-electron chi connectivity index (χ3n) is 6.91. The number of ether oxygens (including phenoxy) is 1. The van der Waals surface area contributed by atoms with Gasteiger partial charge in [-0.3, -0.25) is 9.59 Å². The van der Waals surface area contributed by atoms with Gasteiger partial charge in [-0.2, -0.15) is 0 Å². The molecule has 0 saturated carbocycles. The Labute approximate surface area is 199 Å². The molecule has 3 heterocycles. The Morgan fingerprint density at radius 3 is 2.65 bits per heavy atom. The topological polar surface area (TPSA) is 74.8 Å². The van der Waals surface area contributed by atoms with Gasteiger partial charge >= 0.3 is 0 Å². The quantitative estimate of drug-likeness (QED) is 0.636. The first-order valence-corrected chi connectivity index (χ1v) is 11.8. The lowest BCUT2D eigenvalue weighted by molar-refractivity contribution is -0.122. The Morgan fingerprint density at radius 2 is 1.88 bits per heavy atom. The van der Waals surface area contributed by atoms with Gasteiger partial charge in [0.2, 0.25) is 0 Å². The summed E-state index contributed by atoms with van der Waals surface area (Å²) in [6.45, 7) is 4.07. The molecule has 1 unspecified atom stereocenters. The van der Waals surface area contributed by atoms with Crippen LogP contribution < -0.4 is 15.0 Å². The summed E-state index contributed by atoms with van der Waals surface area (Å²) in [6.07, 6.45) is 1.45. The second-order valence-corrected chi connectivity index (χ2v) is 9.43. The minimum Gasteiger partial charge on any atom is -0.479 e. The van der Waals surface area contributed by atoms with Crippen molar-refractivity contribution in [2.75, 3.05) is 37.4 Å². The Bertz CT molecular complexity index is 1250. The molecule has 1 atom stereocenters. The summed E-state index contributed by atoms with van der Waals surface area (Å²) in [5.41, 5.74) is 3.21. The van der Waals surface area contributed by atoms with Crippen LogP contribution in [0.25, 0.3) is 10.9 Å². The molecule has 2 aromatic carbocycles. The molecule has 7 nitrogen and oxygen atoms in total. The van der Waals surface area contributed by atoms with Gasteiger partial charge in [-0.25, -0.2) is 4.98 Å². The number of nitrogens with zero attached hydrogens (tertiary/aromatic N) is 3. The largest absolute Gasteiger partial charge is 0.479 e. The highest BCUT2D eigenvalue weighted by molar-refractivity contribution is 6.05. The normalized spacial score (nSPS) is 18.6. The zero-order valence-corrected chi connectivity index (χ0v) is 19.9. The summed E-state index contributed by atoms with van der Waals surface area (Å²) >= 11 is 0. The number of hydrogen-bond donors (Lipinski definition) is 1. The van der Waals surface area contributed by atoms with E-state index in [1.54, 1.807) is 24.3 Å². The number of rotatable bonds is 4. The van der Waals surface area contributed by atoms with Crippen LogP contribution in [0, 0.1) is 6.92 Å². The van der Waals surface area contributed by atoms with Gasteiger partial charge in [0, 0.05) is 30.2 Å².